The molecule has 1 aromatic rings. The van der Waals surface area contributed by atoms with Crippen LogP contribution in [-0.2, 0) is 5.41 Å². The molecule has 0 aliphatic rings. The minimum atomic E-state index is 0.0695. The van der Waals surface area contributed by atoms with Gasteiger partial charge in [-0.1, -0.05) is 41.4 Å². The Morgan fingerprint density at radius 2 is 2.25 bits per heavy atom. The average molecular weight is 249 g/mol. The van der Waals surface area contributed by atoms with Gasteiger partial charge in [0.2, 0.25) is 0 Å². The fourth-order valence-corrected chi connectivity index (χ4v) is 1.67. The van der Waals surface area contributed by atoms with E-state index in [9.17, 15) is 0 Å². The molecule has 0 spiro atoms. The third-order valence-electron chi connectivity index (χ3n) is 1.84. The van der Waals surface area contributed by atoms with Crippen LogP contribution in [0.2, 0.25) is 5.02 Å². The van der Waals surface area contributed by atoms with Crippen molar-refractivity contribution in [2.75, 3.05) is 5.33 Å². The minimum Gasteiger partial charge on any atom is -0.263 e. The molecule has 1 heterocycles. The summed E-state index contributed by atoms with van der Waals surface area (Å²) in [4.78, 5) is 3.95. The Morgan fingerprint density at radius 3 is 2.75 bits per heavy atom. The number of hydrogen-bond donors (Lipinski definition) is 0. The van der Waals surface area contributed by atoms with Crippen LogP contribution in [0.15, 0.2) is 18.5 Å². The Morgan fingerprint density at radius 1 is 1.58 bits per heavy atom. The molecule has 0 bridgehead atoms. The van der Waals surface area contributed by atoms with Crippen LogP contribution in [0.25, 0.3) is 0 Å². The summed E-state index contributed by atoms with van der Waals surface area (Å²) in [5.74, 6) is 0. The van der Waals surface area contributed by atoms with Crippen LogP contribution in [0, 0.1) is 0 Å². The molecule has 0 fully saturated rings. The second-order valence-corrected chi connectivity index (χ2v) is 4.34. The number of alkyl halides is 1. The lowest BCUT2D eigenvalue weighted by atomic mass is 9.88. The first-order chi connectivity index (χ1) is 5.58. The van der Waals surface area contributed by atoms with Crippen molar-refractivity contribution in [3.8, 4) is 0 Å². The number of halogens is 2. The molecule has 0 N–H and O–H groups in total. The van der Waals surface area contributed by atoms with E-state index in [1.807, 2.05) is 6.07 Å². The normalized spacial score (nSPS) is 11.7. The fraction of sp³-hybridized carbons (Fsp3) is 0.444. The highest BCUT2D eigenvalue weighted by atomic mass is 79.9. The van der Waals surface area contributed by atoms with E-state index in [1.54, 1.807) is 12.4 Å². The Balaban J connectivity index is 3.10. The highest BCUT2D eigenvalue weighted by Crippen LogP contribution is 2.30. The molecule has 1 aromatic heterocycles. The molecule has 0 radical (unpaired) electrons. The van der Waals surface area contributed by atoms with Gasteiger partial charge >= 0.3 is 0 Å². The molecule has 0 amide bonds. The summed E-state index contributed by atoms with van der Waals surface area (Å²) >= 11 is 9.47. The first-order valence-corrected chi connectivity index (χ1v) is 5.24. The quantitative estimate of drug-likeness (QED) is 0.731. The first-order valence-electron chi connectivity index (χ1n) is 3.74. The maximum atomic E-state index is 6.00. The van der Waals surface area contributed by atoms with Gasteiger partial charge in [0.1, 0.15) is 0 Å². The third kappa shape index (κ3) is 1.99. The Kier molecular flexibility index (Phi) is 3.13. The fourth-order valence-electron chi connectivity index (χ4n) is 0.996. The maximum absolute atomic E-state index is 6.00. The lowest BCUT2D eigenvalue weighted by Gasteiger charge is -2.22. The van der Waals surface area contributed by atoms with E-state index in [2.05, 4.69) is 34.8 Å². The number of hydrogen-bond acceptors (Lipinski definition) is 1. The van der Waals surface area contributed by atoms with Gasteiger partial charge in [-0.05, 0) is 11.6 Å². The van der Waals surface area contributed by atoms with Crippen LogP contribution in [0.1, 0.15) is 19.4 Å². The summed E-state index contributed by atoms with van der Waals surface area (Å²) in [5.41, 5.74) is 1.20. The van der Waals surface area contributed by atoms with Gasteiger partial charge in [0.15, 0.2) is 0 Å². The van der Waals surface area contributed by atoms with Gasteiger partial charge in [0, 0.05) is 23.1 Å². The van der Waals surface area contributed by atoms with Gasteiger partial charge in [-0.2, -0.15) is 0 Å². The molecular formula is C9H11BrClN. The van der Waals surface area contributed by atoms with Crippen LogP contribution >= 0.6 is 27.5 Å². The second kappa shape index (κ2) is 3.75. The Hall–Kier alpha value is -0.0800. The summed E-state index contributed by atoms with van der Waals surface area (Å²) in [6.07, 6.45) is 3.45. The van der Waals surface area contributed by atoms with Crippen molar-refractivity contribution in [3.05, 3.63) is 29.0 Å². The number of aromatic nitrogens is 1. The van der Waals surface area contributed by atoms with Gasteiger partial charge in [-0.15, -0.1) is 0 Å². The number of rotatable bonds is 2. The van der Waals surface area contributed by atoms with Crippen LogP contribution in [-0.4, -0.2) is 10.3 Å². The molecule has 0 unspecified atom stereocenters. The van der Waals surface area contributed by atoms with E-state index in [4.69, 9.17) is 11.6 Å². The van der Waals surface area contributed by atoms with Crippen LogP contribution in [0.5, 0.6) is 0 Å². The summed E-state index contributed by atoms with van der Waals surface area (Å²) < 4.78 is 0. The van der Waals surface area contributed by atoms with Crippen LogP contribution < -0.4 is 0 Å². The van der Waals surface area contributed by atoms with Gasteiger partial charge in [0.05, 0.1) is 5.02 Å². The molecule has 0 aliphatic carbocycles. The van der Waals surface area contributed by atoms with Crippen LogP contribution in [0.3, 0.4) is 0 Å². The lowest BCUT2D eigenvalue weighted by molar-refractivity contribution is 0.606. The second-order valence-electron chi connectivity index (χ2n) is 3.37. The van der Waals surface area contributed by atoms with Crippen molar-refractivity contribution in [2.45, 2.75) is 19.3 Å². The molecule has 66 valence electrons. The lowest BCUT2D eigenvalue weighted by Crippen LogP contribution is -2.19. The summed E-state index contributed by atoms with van der Waals surface area (Å²) in [6, 6.07) is 1.96. The topological polar surface area (TPSA) is 12.9 Å². The highest BCUT2D eigenvalue weighted by Gasteiger charge is 2.21. The van der Waals surface area contributed by atoms with Gasteiger partial charge in [-0.25, -0.2) is 0 Å². The smallest absolute Gasteiger partial charge is 0.0627 e. The largest absolute Gasteiger partial charge is 0.263 e. The number of nitrogens with zero attached hydrogens (tertiary/aromatic N) is 1. The van der Waals surface area contributed by atoms with Crippen molar-refractivity contribution in [1.82, 2.24) is 4.98 Å². The standard InChI is InChI=1S/C9H11BrClN/c1-9(2,6-10)7-3-4-12-5-8(7)11/h3-5H,6H2,1-2H3. The third-order valence-corrected chi connectivity index (χ3v) is 3.54. The van der Waals surface area contributed by atoms with E-state index < -0.39 is 0 Å². The van der Waals surface area contributed by atoms with Crippen LogP contribution in [0.4, 0.5) is 0 Å². The summed E-state index contributed by atoms with van der Waals surface area (Å²) in [6.45, 7) is 4.28. The molecule has 1 nitrogen and oxygen atoms in total. The first kappa shape index (κ1) is 10.0. The van der Waals surface area contributed by atoms with E-state index in [0.717, 1.165) is 15.9 Å². The molecule has 0 aromatic carbocycles. The molecule has 0 atom stereocenters. The van der Waals surface area contributed by atoms with Crippen molar-refractivity contribution in [1.29, 1.82) is 0 Å². The molecule has 0 saturated heterocycles. The molecule has 0 saturated carbocycles. The highest BCUT2D eigenvalue weighted by molar-refractivity contribution is 9.09. The molecule has 12 heavy (non-hydrogen) atoms. The Bertz CT molecular complexity index is 273. The predicted molar refractivity (Wildman–Crippen MR) is 56.1 cm³/mol. The van der Waals surface area contributed by atoms with Gasteiger partial charge in [-0.3, -0.25) is 4.98 Å². The summed E-state index contributed by atoms with van der Waals surface area (Å²) in [5, 5.41) is 1.63. The summed E-state index contributed by atoms with van der Waals surface area (Å²) in [7, 11) is 0. The van der Waals surface area contributed by atoms with Crippen molar-refractivity contribution in [2.24, 2.45) is 0 Å². The SMILES string of the molecule is CC(C)(CBr)c1ccncc1Cl. The monoisotopic (exact) mass is 247 g/mol. The van der Waals surface area contributed by atoms with E-state index in [0.29, 0.717) is 0 Å². The molecule has 1 rings (SSSR count). The van der Waals surface area contributed by atoms with Crippen molar-refractivity contribution in [3.63, 3.8) is 0 Å². The molecule has 3 heteroatoms. The maximum Gasteiger partial charge on any atom is 0.0627 e. The predicted octanol–water partition coefficient (Wildman–Crippen LogP) is 3.41. The zero-order valence-corrected chi connectivity index (χ0v) is 9.48. The van der Waals surface area contributed by atoms with E-state index >= 15 is 0 Å². The van der Waals surface area contributed by atoms with E-state index in [-0.39, 0.29) is 5.41 Å². The van der Waals surface area contributed by atoms with Crippen molar-refractivity contribution < 1.29 is 0 Å². The molecule has 0 aliphatic heterocycles. The number of pyridine rings is 1. The van der Waals surface area contributed by atoms with Crippen molar-refractivity contribution >= 4 is 27.5 Å². The molecular weight excluding hydrogens is 237 g/mol. The Labute approximate surface area is 86.3 Å². The average Bonchev–Trinajstić information content (AvgIpc) is 2.05. The minimum absolute atomic E-state index is 0.0695. The van der Waals surface area contributed by atoms with E-state index in [1.165, 1.54) is 0 Å². The van der Waals surface area contributed by atoms with Gasteiger partial charge < -0.3 is 0 Å². The zero-order chi connectivity index (χ0) is 9.19. The van der Waals surface area contributed by atoms with Gasteiger partial charge in [0.25, 0.3) is 0 Å². The zero-order valence-electron chi connectivity index (χ0n) is 7.14.